The second-order valence-electron chi connectivity index (χ2n) is 4.04. The molecule has 2 N–H and O–H groups in total. The average Bonchev–Trinajstić information content (AvgIpc) is 2.63. The first-order valence-electron chi connectivity index (χ1n) is 5.38. The lowest BCUT2D eigenvalue weighted by Gasteiger charge is -2.14. The molecule has 2 aromatic rings. The van der Waals surface area contributed by atoms with Crippen molar-refractivity contribution in [3.8, 4) is 0 Å². The van der Waals surface area contributed by atoms with Gasteiger partial charge >= 0.3 is 5.97 Å². The van der Waals surface area contributed by atoms with Crippen molar-refractivity contribution in [3.63, 3.8) is 0 Å². The van der Waals surface area contributed by atoms with Crippen molar-refractivity contribution in [1.29, 1.82) is 0 Å². The van der Waals surface area contributed by atoms with Crippen LogP contribution in [-0.4, -0.2) is 32.3 Å². The molecule has 0 saturated carbocycles. The van der Waals surface area contributed by atoms with Crippen LogP contribution < -0.4 is 0 Å². The number of hydrogen-bond donors (Lipinski definition) is 2. The molecular formula is C12H14N2O3. The van der Waals surface area contributed by atoms with Crippen molar-refractivity contribution in [1.82, 2.24) is 9.55 Å². The molecule has 0 aliphatic carbocycles. The minimum atomic E-state index is -0.984. The number of aliphatic hydroxyl groups is 1. The summed E-state index contributed by atoms with van der Waals surface area (Å²) in [5.41, 5.74) is 1.42. The van der Waals surface area contributed by atoms with Crippen molar-refractivity contribution < 1.29 is 15.0 Å². The van der Waals surface area contributed by atoms with Crippen molar-refractivity contribution >= 4 is 17.0 Å². The Bertz CT molecular complexity index is 574. The highest BCUT2D eigenvalue weighted by Gasteiger charge is 2.18. The molecule has 0 saturated heterocycles. The predicted molar refractivity (Wildman–Crippen MR) is 63.2 cm³/mol. The molecule has 0 aliphatic heterocycles. The second-order valence-corrected chi connectivity index (χ2v) is 4.04. The van der Waals surface area contributed by atoms with Crippen LogP contribution in [0.25, 0.3) is 11.0 Å². The SMILES string of the molecule is Cc1nc2cccc(C(=O)O)c2n1C(C)CO. The Kier molecular flexibility index (Phi) is 2.85. The molecule has 1 aromatic heterocycles. The molecule has 2 rings (SSSR count). The van der Waals surface area contributed by atoms with Crippen LogP contribution in [0.4, 0.5) is 0 Å². The van der Waals surface area contributed by atoms with Crippen molar-refractivity contribution in [2.24, 2.45) is 0 Å². The van der Waals surface area contributed by atoms with Gasteiger partial charge in [0.1, 0.15) is 5.82 Å². The van der Waals surface area contributed by atoms with Crippen LogP contribution in [-0.2, 0) is 0 Å². The number of carboxylic acids is 1. The lowest BCUT2D eigenvalue weighted by molar-refractivity contribution is 0.0698. The van der Waals surface area contributed by atoms with E-state index in [-0.39, 0.29) is 18.2 Å². The van der Waals surface area contributed by atoms with Gasteiger partial charge in [0.2, 0.25) is 0 Å². The van der Waals surface area contributed by atoms with Crippen LogP contribution in [0, 0.1) is 6.92 Å². The molecule has 1 heterocycles. The van der Waals surface area contributed by atoms with Gasteiger partial charge in [0, 0.05) is 0 Å². The second kappa shape index (κ2) is 4.18. The number of aliphatic hydroxyl groups excluding tert-OH is 1. The predicted octanol–water partition coefficient (Wildman–Crippen LogP) is 1.60. The molecule has 17 heavy (non-hydrogen) atoms. The van der Waals surface area contributed by atoms with Crippen molar-refractivity contribution in [2.75, 3.05) is 6.61 Å². The summed E-state index contributed by atoms with van der Waals surface area (Å²) >= 11 is 0. The minimum absolute atomic E-state index is 0.0553. The summed E-state index contributed by atoms with van der Waals surface area (Å²) in [6, 6.07) is 4.80. The fraction of sp³-hybridized carbons (Fsp3) is 0.333. The Morgan fingerprint density at radius 2 is 2.24 bits per heavy atom. The highest BCUT2D eigenvalue weighted by Crippen LogP contribution is 2.24. The summed E-state index contributed by atoms with van der Waals surface area (Å²) in [6.07, 6.45) is 0. The topological polar surface area (TPSA) is 75.3 Å². The maximum Gasteiger partial charge on any atom is 0.337 e. The Morgan fingerprint density at radius 1 is 1.53 bits per heavy atom. The number of para-hydroxylation sites is 1. The lowest BCUT2D eigenvalue weighted by atomic mass is 10.1. The molecule has 0 radical (unpaired) electrons. The zero-order valence-corrected chi connectivity index (χ0v) is 9.71. The zero-order chi connectivity index (χ0) is 12.6. The smallest absolute Gasteiger partial charge is 0.337 e. The van der Waals surface area contributed by atoms with Gasteiger partial charge in [-0.15, -0.1) is 0 Å². The summed E-state index contributed by atoms with van der Waals surface area (Å²) < 4.78 is 1.76. The fourth-order valence-corrected chi connectivity index (χ4v) is 2.06. The zero-order valence-electron chi connectivity index (χ0n) is 9.71. The molecule has 1 aromatic carbocycles. The number of benzene rings is 1. The lowest BCUT2D eigenvalue weighted by Crippen LogP contribution is -2.12. The monoisotopic (exact) mass is 234 g/mol. The van der Waals surface area contributed by atoms with Crippen LogP contribution in [0.5, 0.6) is 0 Å². The summed E-state index contributed by atoms with van der Waals surface area (Å²) in [5.74, 6) is -0.280. The summed E-state index contributed by atoms with van der Waals surface area (Å²) in [4.78, 5) is 15.5. The van der Waals surface area contributed by atoms with E-state index in [0.717, 1.165) is 0 Å². The molecule has 1 atom stereocenters. The standard InChI is InChI=1S/C12H14N2O3/c1-7(6-15)14-8(2)13-10-5-3-4-9(11(10)14)12(16)17/h3-5,7,15H,6H2,1-2H3,(H,16,17). The van der Waals surface area contributed by atoms with Gasteiger partial charge in [-0.25, -0.2) is 9.78 Å². The van der Waals surface area contributed by atoms with E-state index in [2.05, 4.69) is 4.98 Å². The molecule has 0 aliphatic rings. The van der Waals surface area contributed by atoms with E-state index in [0.29, 0.717) is 16.9 Å². The summed E-state index contributed by atoms with van der Waals surface area (Å²) in [7, 11) is 0. The molecule has 1 unspecified atom stereocenters. The molecule has 0 spiro atoms. The number of imidazole rings is 1. The summed E-state index contributed by atoms with van der Waals surface area (Å²) in [6.45, 7) is 3.57. The number of fused-ring (bicyclic) bond motifs is 1. The van der Waals surface area contributed by atoms with E-state index in [1.807, 2.05) is 6.92 Å². The van der Waals surface area contributed by atoms with Crippen LogP contribution in [0.15, 0.2) is 18.2 Å². The number of aryl methyl sites for hydroxylation is 1. The van der Waals surface area contributed by atoms with Crippen LogP contribution >= 0.6 is 0 Å². The van der Waals surface area contributed by atoms with Crippen LogP contribution in [0.3, 0.4) is 0 Å². The Morgan fingerprint density at radius 3 is 2.82 bits per heavy atom. The first-order chi connectivity index (χ1) is 8.06. The molecule has 0 bridgehead atoms. The fourth-order valence-electron chi connectivity index (χ4n) is 2.06. The highest BCUT2D eigenvalue weighted by atomic mass is 16.4. The molecule has 5 heteroatoms. The van der Waals surface area contributed by atoms with Gasteiger partial charge in [0.15, 0.2) is 0 Å². The van der Waals surface area contributed by atoms with E-state index < -0.39 is 5.97 Å². The number of carbonyl (C=O) groups is 1. The normalized spacial score (nSPS) is 12.9. The maximum atomic E-state index is 11.2. The number of aromatic nitrogens is 2. The average molecular weight is 234 g/mol. The molecule has 5 nitrogen and oxygen atoms in total. The minimum Gasteiger partial charge on any atom is -0.478 e. The quantitative estimate of drug-likeness (QED) is 0.845. The van der Waals surface area contributed by atoms with Gasteiger partial charge in [-0.1, -0.05) is 6.07 Å². The largest absolute Gasteiger partial charge is 0.478 e. The van der Waals surface area contributed by atoms with E-state index in [4.69, 9.17) is 5.11 Å². The third kappa shape index (κ3) is 1.78. The van der Waals surface area contributed by atoms with Crippen molar-refractivity contribution in [3.05, 3.63) is 29.6 Å². The Hall–Kier alpha value is -1.88. The van der Waals surface area contributed by atoms with Crippen molar-refractivity contribution in [2.45, 2.75) is 19.9 Å². The van der Waals surface area contributed by atoms with Gasteiger partial charge in [0.25, 0.3) is 0 Å². The first kappa shape index (κ1) is 11.6. The van der Waals surface area contributed by atoms with Crippen LogP contribution in [0.1, 0.15) is 29.1 Å². The molecular weight excluding hydrogens is 220 g/mol. The van der Waals surface area contributed by atoms with Gasteiger partial charge < -0.3 is 14.8 Å². The van der Waals surface area contributed by atoms with Gasteiger partial charge in [0.05, 0.1) is 29.2 Å². The highest BCUT2D eigenvalue weighted by molar-refractivity contribution is 6.01. The first-order valence-corrected chi connectivity index (χ1v) is 5.38. The Labute approximate surface area is 98.3 Å². The number of hydrogen-bond acceptors (Lipinski definition) is 3. The van der Waals surface area contributed by atoms with E-state index in [9.17, 15) is 9.90 Å². The Balaban J connectivity index is 2.82. The summed E-state index contributed by atoms with van der Waals surface area (Å²) in [5, 5.41) is 18.4. The van der Waals surface area contributed by atoms with E-state index in [1.165, 1.54) is 0 Å². The number of nitrogens with zero attached hydrogens (tertiary/aromatic N) is 2. The van der Waals surface area contributed by atoms with E-state index >= 15 is 0 Å². The number of aromatic carboxylic acids is 1. The number of rotatable bonds is 3. The van der Waals surface area contributed by atoms with Gasteiger partial charge in [-0.05, 0) is 26.0 Å². The number of carboxylic acid groups (broad SMARTS) is 1. The van der Waals surface area contributed by atoms with E-state index in [1.54, 1.807) is 29.7 Å². The molecule has 0 fully saturated rings. The van der Waals surface area contributed by atoms with Gasteiger partial charge in [-0.2, -0.15) is 0 Å². The molecule has 0 amide bonds. The van der Waals surface area contributed by atoms with Crippen LogP contribution in [0.2, 0.25) is 0 Å². The third-order valence-electron chi connectivity index (χ3n) is 2.82. The van der Waals surface area contributed by atoms with Gasteiger partial charge in [-0.3, -0.25) is 0 Å². The molecule has 90 valence electrons. The third-order valence-corrected chi connectivity index (χ3v) is 2.82. The maximum absolute atomic E-state index is 11.2.